The van der Waals surface area contributed by atoms with Crippen molar-refractivity contribution >= 4 is 0 Å². The topological polar surface area (TPSA) is 32.3 Å². The first-order valence-corrected chi connectivity index (χ1v) is 3.10. The molecule has 0 aliphatic rings. The Labute approximate surface area is 56.6 Å². The molecule has 9 heavy (non-hydrogen) atoms. The molecule has 0 bridgehead atoms. The highest BCUT2D eigenvalue weighted by atomic mass is 16.3. The van der Waals surface area contributed by atoms with E-state index in [4.69, 9.17) is 5.11 Å². The lowest BCUT2D eigenvalue weighted by Gasteiger charge is -2.18. The zero-order valence-electron chi connectivity index (χ0n) is 6.31. The summed E-state index contributed by atoms with van der Waals surface area (Å²) in [4.78, 5) is 0. The largest absolute Gasteiger partial charge is 0.391 e. The molecular weight excluding hydrogens is 114 g/mol. The second-order valence-electron chi connectivity index (χ2n) is 2.35. The van der Waals surface area contributed by atoms with Crippen molar-refractivity contribution in [3.05, 3.63) is 12.2 Å². The molecule has 0 aliphatic heterocycles. The standard InChI is InChI=1S/C7H15NO/c1-5(2)7(8-4)6(3)9/h6-9H,1H2,2-4H3. The average molecular weight is 129 g/mol. The monoisotopic (exact) mass is 129 g/mol. The molecule has 2 nitrogen and oxygen atoms in total. The van der Waals surface area contributed by atoms with Crippen molar-refractivity contribution in [1.82, 2.24) is 5.32 Å². The van der Waals surface area contributed by atoms with Crippen LogP contribution in [0.5, 0.6) is 0 Å². The summed E-state index contributed by atoms with van der Waals surface area (Å²) in [6, 6.07) is 0.0324. The molecule has 0 heterocycles. The van der Waals surface area contributed by atoms with E-state index in [1.807, 2.05) is 14.0 Å². The Morgan fingerprint density at radius 2 is 2.11 bits per heavy atom. The van der Waals surface area contributed by atoms with Gasteiger partial charge in [-0.1, -0.05) is 12.2 Å². The fourth-order valence-electron chi connectivity index (χ4n) is 0.899. The van der Waals surface area contributed by atoms with E-state index in [-0.39, 0.29) is 12.1 Å². The van der Waals surface area contributed by atoms with Gasteiger partial charge in [0.1, 0.15) is 0 Å². The fraction of sp³-hybridized carbons (Fsp3) is 0.714. The van der Waals surface area contributed by atoms with Gasteiger partial charge >= 0.3 is 0 Å². The van der Waals surface area contributed by atoms with E-state index in [1.165, 1.54) is 0 Å². The number of likely N-dealkylation sites (N-methyl/N-ethyl adjacent to an activating group) is 1. The molecule has 2 atom stereocenters. The van der Waals surface area contributed by atoms with Crippen molar-refractivity contribution in [3.63, 3.8) is 0 Å². The summed E-state index contributed by atoms with van der Waals surface area (Å²) in [6.07, 6.45) is -0.354. The minimum Gasteiger partial charge on any atom is -0.391 e. The van der Waals surface area contributed by atoms with Crippen molar-refractivity contribution in [2.24, 2.45) is 0 Å². The molecule has 0 radical (unpaired) electrons. The van der Waals surface area contributed by atoms with Crippen LogP contribution in [-0.2, 0) is 0 Å². The number of nitrogens with one attached hydrogen (secondary N) is 1. The fourth-order valence-corrected chi connectivity index (χ4v) is 0.899. The Kier molecular flexibility index (Phi) is 3.50. The molecular formula is C7H15NO. The number of hydrogen-bond donors (Lipinski definition) is 2. The Morgan fingerprint density at radius 3 is 2.11 bits per heavy atom. The van der Waals surface area contributed by atoms with E-state index in [0.717, 1.165) is 5.57 Å². The van der Waals surface area contributed by atoms with Crippen molar-refractivity contribution in [3.8, 4) is 0 Å². The van der Waals surface area contributed by atoms with Gasteiger partial charge in [-0.2, -0.15) is 0 Å². The number of aliphatic hydroxyl groups excluding tert-OH is 1. The van der Waals surface area contributed by atoms with Gasteiger partial charge in [-0.25, -0.2) is 0 Å². The van der Waals surface area contributed by atoms with Gasteiger partial charge in [0.25, 0.3) is 0 Å². The molecule has 0 aromatic carbocycles. The van der Waals surface area contributed by atoms with Crippen molar-refractivity contribution in [1.29, 1.82) is 0 Å². The van der Waals surface area contributed by atoms with Crippen LogP contribution in [-0.4, -0.2) is 24.3 Å². The van der Waals surface area contributed by atoms with Gasteiger partial charge in [-0.15, -0.1) is 0 Å². The van der Waals surface area contributed by atoms with Crippen molar-refractivity contribution < 1.29 is 5.11 Å². The molecule has 54 valence electrons. The molecule has 0 aliphatic carbocycles. The van der Waals surface area contributed by atoms with Crippen LogP contribution in [0.4, 0.5) is 0 Å². The molecule has 2 unspecified atom stereocenters. The van der Waals surface area contributed by atoms with Gasteiger partial charge in [-0.3, -0.25) is 0 Å². The SMILES string of the molecule is C=C(C)C(NC)C(C)O. The highest BCUT2D eigenvalue weighted by molar-refractivity contribution is 5.03. The number of hydrogen-bond acceptors (Lipinski definition) is 2. The maximum Gasteiger partial charge on any atom is 0.0703 e. The average Bonchev–Trinajstić information content (AvgIpc) is 1.64. The predicted molar refractivity (Wildman–Crippen MR) is 39.3 cm³/mol. The lowest BCUT2D eigenvalue weighted by atomic mass is 10.1. The number of aliphatic hydroxyl groups is 1. The second kappa shape index (κ2) is 3.64. The quantitative estimate of drug-likeness (QED) is 0.545. The first-order chi connectivity index (χ1) is 4.09. The maximum atomic E-state index is 9.06. The summed E-state index contributed by atoms with van der Waals surface area (Å²) in [5.74, 6) is 0. The van der Waals surface area contributed by atoms with Crippen molar-refractivity contribution in [2.45, 2.75) is 26.0 Å². The molecule has 0 rings (SSSR count). The van der Waals surface area contributed by atoms with E-state index < -0.39 is 0 Å². The van der Waals surface area contributed by atoms with Gasteiger partial charge in [0.05, 0.1) is 12.1 Å². The van der Waals surface area contributed by atoms with E-state index >= 15 is 0 Å². The zero-order chi connectivity index (χ0) is 7.44. The Balaban J connectivity index is 3.83. The molecule has 0 aromatic heterocycles. The predicted octanol–water partition coefficient (Wildman–Crippen LogP) is 0.531. The summed E-state index contributed by atoms with van der Waals surface area (Å²) in [6.45, 7) is 7.37. The lowest BCUT2D eigenvalue weighted by Crippen LogP contribution is -2.36. The van der Waals surface area contributed by atoms with Gasteiger partial charge in [0, 0.05) is 0 Å². The minimum absolute atomic E-state index is 0.0324. The van der Waals surface area contributed by atoms with Crippen LogP contribution < -0.4 is 5.32 Å². The third kappa shape index (κ3) is 2.63. The van der Waals surface area contributed by atoms with E-state index in [2.05, 4.69) is 11.9 Å². The third-order valence-corrected chi connectivity index (χ3v) is 1.32. The summed E-state index contributed by atoms with van der Waals surface area (Å²) in [5, 5.41) is 12.0. The molecule has 0 aromatic rings. The van der Waals surface area contributed by atoms with Gasteiger partial charge in [-0.05, 0) is 20.9 Å². The summed E-state index contributed by atoms with van der Waals surface area (Å²) in [5.41, 5.74) is 0.965. The van der Waals surface area contributed by atoms with E-state index in [9.17, 15) is 0 Å². The summed E-state index contributed by atoms with van der Waals surface area (Å²) < 4.78 is 0. The molecule has 0 saturated heterocycles. The lowest BCUT2D eigenvalue weighted by molar-refractivity contribution is 0.164. The van der Waals surface area contributed by atoms with Crippen LogP contribution in [0.2, 0.25) is 0 Å². The summed E-state index contributed by atoms with van der Waals surface area (Å²) >= 11 is 0. The van der Waals surface area contributed by atoms with Crippen LogP contribution in [0.1, 0.15) is 13.8 Å². The molecule has 0 fully saturated rings. The van der Waals surface area contributed by atoms with E-state index in [0.29, 0.717) is 0 Å². The summed E-state index contributed by atoms with van der Waals surface area (Å²) in [7, 11) is 1.81. The van der Waals surface area contributed by atoms with Crippen molar-refractivity contribution in [2.75, 3.05) is 7.05 Å². The Hall–Kier alpha value is -0.340. The number of rotatable bonds is 3. The van der Waals surface area contributed by atoms with Crippen LogP contribution in [0, 0.1) is 0 Å². The van der Waals surface area contributed by atoms with Crippen LogP contribution in [0.25, 0.3) is 0 Å². The Morgan fingerprint density at radius 1 is 1.67 bits per heavy atom. The maximum absolute atomic E-state index is 9.06. The third-order valence-electron chi connectivity index (χ3n) is 1.32. The van der Waals surface area contributed by atoms with Crippen LogP contribution >= 0.6 is 0 Å². The Bertz CT molecular complexity index is 99.1. The highest BCUT2D eigenvalue weighted by Crippen LogP contribution is 2.01. The van der Waals surface area contributed by atoms with Gasteiger partial charge in [0.2, 0.25) is 0 Å². The molecule has 2 heteroatoms. The highest BCUT2D eigenvalue weighted by Gasteiger charge is 2.11. The zero-order valence-corrected chi connectivity index (χ0v) is 6.31. The smallest absolute Gasteiger partial charge is 0.0703 e. The molecule has 2 N–H and O–H groups in total. The minimum atomic E-state index is -0.354. The first kappa shape index (κ1) is 8.66. The van der Waals surface area contributed by atoms with E-state index in [1.54, 1.807) is 6.92 Å². The van der Waals surface area contributed by atoms with Crippen LogP contribution in [0.15, 0.2) is 12.2 Å². The molecule has 0 saturated carbocycles. The normalized spacial score (nSPS) is 16.9. The second-order valence-corrected chi connectivity index (χ2v) is 2.35. The molecule has 0 spiro atoms. The van der Waals surface area contributed by atoms with Crippen LogP contribution in [0.3, 0.4) is 0 Å². The van der Waals surface area contributed by atoms with Gasteiger partial charge < -0.3 is 10.4 Å². The van der Waals surface area contributed by atoms with Gasteiger partial charge in [0.15, 0.2) is 0 Å². The molecule has 0 amide bonds. The first-order valence-electron chi connectivity index (χ1n) is 3.10.